The maximum Gasteiger partial charge on any atom is 0.0353 e. The zero-order valence-corrected chi connectivity index (χ0v) is 6.85. The number of hydrogen-bond acceptors (Lipinski definition) is 2. The Balaban J connectivity index is 2.01. The third-order valence-electron chi connectivity index (χ3n) is 3.00. The number of nitrogens with zero attached hydrogens (tertiary/aromatic N) is 1. The van der Waals surface area contributed by atoms with E-state index in [0.717, 1.165) is 0 Å². The molecule has 1 atom stereocenters. The molecule has 10 heavy (non-hydrogen) atoms. The molecule has 1 N–H and O–H groups in total. The van der Waals surface area contributed by atoms with Crippen LogP contribution >= 0.6 is 0 Å². The molecular weight excluding hydrogens is 124 g/mol. The zero-order chi connectivity index (χ0) is 7.19. The van der Waals surface area contributed by atoms with Crippen molar-refractivity contribution in [3.05, 3.63) is 0 Å². The van der Waals surface area contributed by atoms with E-state index < -0.39 is 0 Å². The summed E-state index contributed by atoms with van der Waals surface area (Å²) >= 11 is 0. The SMILES string of the molecule is C[C@@H]1CCC2(CC2)N(C)N1. The Bertz CT molecular complexity index is 140. The molecule has 1 heterocycles. The average molecular weight is 140 g/mol. The van der Waals surface area contributed by atoms with E-state index in [1.807, 2.05) is 0 Å². The summed E-state index contributed by atoms with van der Waals surface area (Å²) < 4.78 is 0. The van der Waals surface area contributed by atoms with Crippen molar-refractivity contribution < 1.29 is 0 Å². The van der Waals surface area contributed by atoms with Crippen LogP contribution in [-0.4, -0.2) is 23.6 Å². The fourth-order valence-electron chi connectivity index (χ4n) is 1.91. The second kappa shape index (κ2) is 1.95. The summed E-state index contributed by atoms with van der Waals surface area (Å²) in [6.07, 6.45) is 5.56. The second-order valence-electron chi connectivity index (χ2n) is 3.85. The minimum atomic E-state index is 0.590. The molecule has 2 nitrogen and oxygen atoms in total. The van der Waals surface area contributed by atoms with Crippen molar-refractivity contribution in [3.8, 4) is 0 Å². The van der Waals surface area contributed by atoms with Crippen molar-refractivity contribution in [2.75, 3.05) is 7.05 Å². The summed E-state index contributed by atoms with van der Waals surface area (Å²) in [6, 6.07) is 0.691. The van der Waals surface area contributed by atoms with Crippen molar-refractivity contribution in [1.82, 2.24) is 10.4 Å². The van der Waals surface area contributed by atoms with Crippen molar-refractivity contribution in [2.24, 2.45) is 0 Å². The van der Waals surface area contributed by atoms with Gasteiger partial charge in [-0.25, -0.2) is 5.01 Å². The Labute approximate surface area is 62.6 Å². The van der Waals surface area contributed by atoms with Crippen LogP contribution < -0.4 is 5.43 Å². The second-order valence-corrected chi connectivity index (χ2v) is 3.85. The molecule has 2 fully saturated rings. The molecule has 1 saturated carbocycles. The van der Waals surface area contributed by atoms with Gasteiger partial charge in [0.15, 0.2) is 0 Å². The van der Waals surface area contributed by atoms with Crippen molar-refractivity contribution >= 4 is 0 Å². The Morgan fingerprint density at radius 1 is 1.40 bits per heavy atom. The molecule has 2 rings (SSSR count). The lowest BCUT2D eigenvalue weighted by atomic mass is 10.0. The molecule has 0 aromatic carbocycles. The highest BCUT2D eigenvalue weighted by atomic mass is 15.6. The van der Waals surface area contributed by atoms with Crippen LogP contribution in [0.1, 0.15) is 32.6 Å². The summed E-state index contributed by atoms with van der Waals surface area (Å²) in [4.78, 5) is 0. The van der Waals surface area contributed by atoms with Crippen LogP contribution in [0.15, 0.2) is 0 Å². The monoisotopic (exact) mass is 140 g/mol. The van der Waals surface area contributed by atoms with Gasteiger partial charge in [-0.05, 0) is 32.6 Å². The number of hydrazine groups is 1. The molecule has 0 bridgehead atoms. The standard InChI is InChI=1S/C8H16N2/c1-7-3-4-8(5-6-8)10(2)9-7/h7,9H,3-6H2,1-2H3/t7-/m1/s1. The topological polar surface area (TPSA) is 15.3 Å². The van der Waals surface area contributed by atoms with Crippen LogP contribution in [0.4, 0.5) is 0 Å². The van der Waals surface area contributed by atoms with Crippen molar-refractivity contribution in [1.29, 1.82) is 0 Å². The van der Waals surface area contributed by atoms with Gasteiger partial charge in [0, 0.05) is 18.6 Å². The third kappa shape index (κ3) is 0.867. The average Bonchev–Trinajstić information content (AvgIpc) is 2.62. The molecule has 0 amide bonds. The lowest BCUT2D eigenvalue weighted by Gasteiger charge is -2.37. The van der Waals surface area contributed by atoms with Gasteiger partial charge in [0.2, 0.25) is 0 Å². The lowest BCUT2D eigenvalue weighted by Crippen LogP contribution is -2.52. The van der Waals surface area contributed by atoms with Gasteiger partial charge in [0.05, 0.1) is 0 Å². The van der Waals surface area contributed by atoms with E-state index in [9.17, 15) is 0 Å². The van der Waals surface area contributed by atoms with E-state index in [-0.39, 0.29) is 0 Å². The first-order valence-corrected chi connectivity index (χ1v) is 4.23. The van der Waals surface area contributed by atoms with Gasteiger partial charge in [0.1, 0.15) is 0 Å². The van der Waals surface area contributed by atoms with Crippen LogP contribution in [-0.2, 0) is 0 Å². The largest absolute Gasteiger partial charge is 0.252 e. The summed E-state index contributed by atoms with van der Waals surface area (Å²) in [6.45, 7) is 2.26. The maximum absolute atomic E-state index is 3.47. The first-order valence-electron chi connectivity index (χ1n) is 4.23. The first kappa shape index (κ1) is 6.62. The highest BCUT2D eigenvalue weighted by molar-refractivity contribution is 5.04. The number of rotatable bonds is 0. The fraction of sp³-hybridized carbons (Fsp3) is 1.00. The van der Waals surface area contributed by atoms with Crippen molar-refractivity contribution in [3.63, 3.8) is 0 Å². The molecule has 1 saturated heterocycles. The highest BCUT2D eigenvalue weighted by Gasteiger charge is 2.48. The summed E-state index contributed by atoms with van der Waals surface area (Å²) in [5, 5.41) is 2.33. The van der Waals surface area contributed by atoms with E-state index in [0.29, 0.717) is 11.6 Å². The predicted octanol–water partition coefficient (Wildman–Crippen LogP) is 1.14. The minimum Gasteiger partial charge on any atom is -0.252 e. The van der Waals surface area contributed by atoms with Crippen LogP contribution in [0.2, 0.25) is 0 Å². The van der Waals surface area contributed by atoms with Gasteiger partial charge in [-0.15, -0.1) is 0 Å². The Morgan fingerprint density at radius 3 is 2.60 bits per heavy atom. The van der Waals surface area contributed by atoms with Crippen LogP contribution in [0.25, 0.3) is 0 Å². The summed E-state index contributed by atoms with van der Waals surface area (Å²) in [5.41, 5.74) is 4.06. The van der Waals surface area contributed by atoms with E-state index in [1.54, 1.807) is 0 Å². The van der Waals surface area contributed by atoms with Crippen LogP contribution in [0.5, 0.6) is 0 Å². The Kier molecular flexibility index (Phi) is 1.29. The summed E-state index contributed by atoms with van der Waals surface area (Å²) in [5.74, 6) is 0. The van der Waals surface area contributed by atoms with E-state index in [2.05, 4.69) is 24.4 Å². The van der Waals surface area contributed by atoms with Gasteiger partial charge in [-0.2, -0.15) is 0 Å². The Morgan fingerprint density at radius 2 is 2.10 bits per heavy atom. The van der Waals surface area contributed by atoms with E-state index >= 15 is 0 Å². The molecule has 1 aliphatic heterocycles. The van der Waals surface area contributed by atoms with Gasteiger partial charge in [-0.3, -0.25) is 5.43 Å². The highest BCUT2D eigenvalue weighted by Crippen LogP contribution is 2.46. The molecule has 1 spiro atoms. The summed E-state index contributed by atoms with van der Waals surface area (Å²) in [7, 11) is 2.18. The minimum absolute atomic E-state index is 0.590. The van der Waals surface area contributed by atoms with Gasteiger partial charge in [-0.1, -0.05) is 0 Å². The van der Waals surface area contributed by atoms with Crippen LogP contribution in [0.3, 0.4) is 0 Å². The molecule has 0 radical (unpaired) electrons. The maximum atomic E-state index is 3.47. The molecule has 1 aliphatic carbocycles. The van der Waals surface area contributed by atoms with Gasteiger partial charge in [0.25, 0.3) is 0 Å². The Hall–Kier alpha value is -0.0800. The molecule has 0 unspecified atom stereocenters. The quantitative estimate of drug-likeness (QED) is 0.543. The smallest absolute Gasteiger partial charge is 0.0353 e. The van der Waals surface area contributed by atoms with E-state index in [4.69, 9.17) is 0 Å². The lowest BCUT2D eigenvalue weighted by molar-refractivity contribution is 0.0707. The number of hydrogen-bond donors (Lipinski definition) is 1. The normalized spacial score (nSPS) is 38.4. The molecule has 2 aliphatic rings. The molecule has 2 heteroatoms. The van der Waals surface area contributed by atoms with Gasteiger partial charge >= 0.3 is 0 Å². The zero-order valence-electron chi connectivity index (χ0n) is 6.85. The van der Waals surface area contributed by atoms with Crippen LogP contribution in [0, 0.1) is 0 Å². The number of nitrogens with one attached hydrogen (secondary N) is 1. The molecule has 0 aromatic heterocycles. The fourth-order valence-corrected chi connectivity index (χ4v) is 1.91. The van der Waals surface area contributed by atoms with Gasteiger partial charge < -0.3 is 0 Å². The van der Waals surface area contributed by atoms with Crippen molar-refractivity contribution in [2.45, 2.75) is 44.2 Å². The first-order chi connectivity index (χ1) is 4.73. The molecule has 58 valence electrons. The third-order valence-corrected chi connectivity index (χ3v) is 3.00. The van der Waals surface area contributed by atoms with E-state index in [1.165, 1.54) is 25.7 Å². The predicted molar refractivity (Wildman–Crippen MR) is 41.6 cm³/mol. The molecule has 0 aromatic rings. The molecular formula is C8H16N2.